The average molecular weight is 561 g/mol. The van der Waals surface area contributed by atoms with Crippen molar-refractivity contribution in [1.82, 2.24) is 0 Å². The largest absolute Gasteiger partial charge is 0.456 e. The van der Waals surface area contributed by atoms with Crippen LogP contribution in [0.1, 0.15) is 57.8 Å². The molecule has 2 aliphatic rings. The molecule has 7 heteroatoms. The van der Waals surface area contributed by atoms with Gasteiger partial charge in [0.1, 0.15) is 12.2 Å². The Morgan fingerprint density at radius 2 is 1.40 bits per heavy atom. The van der Waals surface area contributed by atoms with E-state index in [9.17, 15) is 9.90 Å². The minimum Gasteiger partial charge on any atom is -0.456 e. The van der Waals surface area contributed by atoms with E-state index in [-0.39, 0.29) is 18.1 Å². The Morgan fingerprint density at radius 1 is 0.875 bits per heavy atom. The minimum absolute atomic E-state index is 0.0761. The molecule has 6 nitrogen and oxygen atoms in total. The Labute approximate surface area is 238 Å². The van der Waals surface area contributed by atoms with Crippen LogP contribution >= 0.6 is 0 Å². The van der Waals surface area contributed by atoms with Crippen molar-refractivity contribution in [3.8, 4) is 0 Å². The number of fused-ring (bicyclic) bond motifs is 1. The average Bonchev–Trinajstić information content (AvgIpc) is 3.23. The molecule has 5 rings (SSSR count). The van der Waals surface area contributed by atoms with Gasteiger partial charge in [-0.3, -0.25) is 0 Å². The number of hydrogen-bond acceptors (Lipinski definition) is 6. The third-order valence-corrected chi connectivity index (χ3v) is 13.0. The van der Waals surface area contributed by atoms with Crippen molar-refractivity contribution in [3.05, 3.63) is 96.6 Å². The summed E-state index contributed by atoms with van der Waals surface area (Å²) in [6.45, 7) is 10.4. The van der Waals surface area contributed by atoms with Gasteiger partial charge in [0.2, 0.25) is 0 Å². The summed E-state index contributed by atoms with van der Waals surface area (Å²) in [7, 11) is -2.89. The lowest BCUT2D eigenvalue weighted by atomic mass is 9.80. The molecule has 1 aliphatic heterocycles. The zero-order chi connectivity index (χ0) is 28.6. The van der Waals surface area contributed by atoms with Gasteiger partial charge in [0.15, 0.2) is 5.79 Å². The van der Waals surface area contributed by atoms with Gasteiger partial charge in [-0.05, 0) is 41.4 Å². The number of hydrogen-bond donors (Lipinski definition) is 1. The molecule has 40 heavy (non-hydrogen) atoms. The van der Waals surface area contributed by atoms with Gasteiger partial charge in [-0.15, -0.1) is 0 Å². The molecular weight excluding hydrogens is 520 g/mol. The van der Waals surface area contributed by atoms with E-state index in [4.69, 9.17) is 18.6 Å². The number of carbonyl (C=O) groups is 1. The van der Waals surface area contributed by atoms with Crippen molar-refractivity contribution in [3.63, 3.8) is 0 Å². The van der Waals surface area contributed by atoms with Gasteiger partial charge in [-0.2, -0.15) is 0 Å². The van der Waals surface area contributed by atoms with E-state index in [0.29, 0.717) is 12.0 Å². The standard InChI is InChI=1S/C33H40O6Si/c1-31(2,3)40(25-17-11-7-12-18-25,26-19-13-8-14-20-26)36-23-33(35)21-27(29-28(22-33)38-32(4,5)39-29)37-30(34)24-15-9-6-10-16-24/h6-20,27-29,35H,21-23H2,1-5H3. The molecule has 0 bridgehead atoms. The van der Waals surface area contributed by atoms with Crippen LogP contribution in [0.5, 0.6) is 0 Å². The topological polar surface area (TPSA) is 74.2 Å². The molecule has 4 unspecified atom stereocenters. The monoisotopic (exact) mass is 560 g/mol. The Kier molecular flexibility index (Phi) is 7.80. The molecule has 3 aromatic carbocycles. The number of ether oxygens (including phenoxy) is 3. The predicted molar refractivity (Wildman–Crippen MR) is 157 cm³/mol. The second-order valence-corrected chi connectivity index (χ2v) is 16.8. The highest BCUT2D eigenvalue weighted by Crippen LogP contribution is 2.44. The van der Waals surface area contributed by atoms with Gasteiger partial charge in [-0.25, -0.2) is 4.79 Å². The maximum atomic E-state index is 13.1. The highest BCUT2D eigenvalue weighted by Gasteiger charge is 2.57. The van der Waals surface area contributed by atoms with E-state index in [0.717, 1.165) is 10.4 Å². The third kappa shape index (κ3) is 5.67. The van der Waals surface area contributed by atoms with Crippen LogP contribution in [0.4, 0.5) is 0 Å². The second kappa shape index (κ2) is 10.9. The summed E-state index contributed by atoms with van der Waals surface area (Å²) in [6, 6.07) is 29.6. The number of aliphatic hydroxyl groups is 1. The maximum absolute atomic E-state index is 13.1. The van der Waals surface area contributed by atoms with Gasteiger partial charge in [0.05, 0.1) is 23.9 Å². The number of carbonyl (C=O) groups excluding carboxylic acids is 1. The van der Waals surface area contributed by atoms with E-state index in [1.54, 1.807) is 24.3 Å². The van der Waals surface area contributed by atoms with E-state index >= 15 is 0 Å². The summed E-state index contributed by atoms with van der Waals surface area (Å²) in [5, 5.41) is 14.2. The molecule has 4 atom stereocenters. The van der Waals surface area contributed by atoms with Crippen molar-refractivity contribution in [2.24, 2.45) is 0 Å². The molecule has 0 radical (unpaired) electrons. The van der Waals surface area contributed by atoms with Gasteiger partial charge in [0, 0.05) is 12.8 Å². The fourth-order valence-corrected chi connectivity index (χ4v) is 10.9. The fourth-order valence-electron chi connectivity index (χ4n) is 6.30. The van der Waals surface area contributed by atoms with Crippen LogP contribution in [-0.2, 0) is 18.6 Å². The third-order valence-electron chi connectivity index (χ3n) is 7.99. The first kappa shape index (κ1) is 28.7. The van der Waals surface area contributed by atoms with Crippen LogP contribution in [0.15, 0.2) is 91.0 Å². The lowest BCUT2D eigenvalue weighted by Gasteiger charge is -2.47. The van der Waals surface area contributed by atoms with Crippen molar-refractivity contribution in [2.75, 3.05) is 6.61 Å². The predicted octanol–water partition coefficient (Wildman–Crippen LogP) is 4.83. The fraction of sp³-hybridized carbons (Fsp3) is 0.424. The van der Waals surface area contributed by atoms with Crippen molar-refractivity contribution in [1.29, 1.82) is 0 Å². The second-order valence-electron chi connectivity index (χ2n) is 12.5. The summed E-state index contributed by atoms with van der Waals surface area (Å²) in [5.41, 5.74) is -0.838. The zero-order valence-corrected chi connectivity index (χ0v) is 25.0. The van der Waals surface area contributed by atoms with E-state index in [1.165, 1.54) is 0 Å². The number of esters is 1. The minimum atomic E-state index is -2.89. The summed E-state index contributed by atoms with van der Waals surface area (Å²) in [5.74, 6) is -1.30. The van der Waals surface area contributed by atoms with E-state index in [2.05, 4.69) is 45.0 Å². The summed E-state index contributed by atoms with van der Waals surface area (Å²) in [4.78, 5) is 13.1. The summed E-state index contributed by atoms with van der Waals surface area (Å²) >= 11 is 0. The van der Waals surface area contributed by atoms with Crippen LogP contribution in [0, 0.1) is 0 Å². The SMILES string of the molecule is CC1(C)OC2CC(O)(CO[Si](c3ccccc3)(c3ccccc3)C(C)(C)C)CC(OC(=O)c3ccccc3)C2O1. The van der Waals surface area contributed by atoms with Crippen LogP contribution in [-0.4, -0.2) is 55.7 Å². The van der Waals surface area contributed by atoms with Crippen molar-refractivity contribution < 1.29 is 28.5 Å². The summed E-state index contributed by atoms with van der Waals surface area (Å²) < 4.78 is 25.5. The molecule has 3 aromatic rings. The first-order valence-electron chi connectivity index (χ1n) is 14.0. The number of rotatable bonds is 7. The molecule has 1 saturated carbocycles. The lowest BCUT2D eigenvalue weighted by molar-refractivity contribution is -0.154. The highest BCUT2D eigenvalue weighted by atomic mass is 28.4. The lowest BCUT2D eigenvalue weighted by Crippen LogP contribution is -2.68. The zero-order valence-electron chi connectivity index (χ0n) is 24.0. The van der Waals surface area contributed by atoms with Crippen LogP contribution < -0.4 is 10.4 Å². The van der Waals surface area contributed by atoms with Crippen molar-refractivity contribution in [2.45, 2.75) is 82.2 Å². The molecular formula is C33H40O6Si. The van der Waals surface area contributed by atoms with Gasteiger partial charge in [-0.1, -0.05) is 99.6 Å². The molecule has 0 aromatic heterocycles. The molecule has 2 fully saturated rings. The number of benzene rings is 3. The van der Waals surface area contributed by atoms with Gasteiger partial charge < -0.3 is 23.7 Å². The Bertz CT molecular complexity index is 1250. The van der Waals surface area contributed by atoms with E-state index < -0.39 is 44.0 Å². The summed E-state index contributed by atoms with van der Waals surface area (Å²) in [6.07, 6.45) is -1.11. The Hall–Kier alpha value is -2.81. The quantitative estimate of drug-likeness (QED) is 0.330. The molecule has 1 aliphatic carbocycles. The van der Waals surface area contributed by atoms with Crippen LogP contribution in [0.3, 0.4) is 0 Å². The first-order chi connectivity index (χ1) is 18.9. The molecule has 1 saturated heterocycles. The van der Waals surface area contributed by atoms with Crippen molar-refractivity contribution >= 4 is 24.7 Å². The molecule has 1 heterocycles. The van der Waals surface area contributed by atoms with Crippen LogP contribution in [0.2, 0.25) is 5.04 Å². The van der Waals surface area contributed by atoms with Gasteiger partial charge in [0.25, 0.3) is 8.32 Å². The van der Waals surface area contributed by atoms with Gasteiger partial charge >= 0.3 is 5.97 Å². The molecule has 1 N–H and O–H groups in total. The van der Waals surface area contributed by atoms with Crippen LogP contribution in [0.25, 0.3) is 0 Å². The maximum Gasteiger partial charge on any atom is 0.338 e. The first-order valence-corrected chi connectivity index (χ1v) is 15.9. The van der Waals surface area contributed by atoms with E-state index in [1.807, 2.05) is 56.3 Å². The Morgan fingerprint density at radius 3 is 1.93 bits per heavy atom. The normalized spacial score (nSPS) is 26.2. The molecule has 0 spiro atoms. The highest BCUT2D eigenvalue weighted by molar-refractivity contribution is 6.99. The molecule has 0 amide bonds. The Balaban J connectivity index is 1.47. The smallest absolute Gasteiger partial charge is 0.338 e. The molecule has 212 valence electrons.